The summed E-state index contributed by atoms with van der Waals surface area (Å²) in [7, 11) is 3.50. The van der Waals surface area contributed by atoms with Crippen molar-refractivity contribution < 1.29 is 14.3 Å². The first-order chi connectivity index (χ1) is 16.9. The summed E-state index contributed by atoms with van der Waals surface area (Å²) in [5.41, 5.74) is 3.26. The Morgan fingerprint density at radius 1 is 1.03 bits per heavy atom. The normalized spacial score (nSPS) is 14.2. The van der Waals surface area contributed by atoms with Gasteiger partial charge in [0.15, 0.2) is 0 Å². The van der Waals surface area contributed by atoms with E-state index in [1.807, 2.05) is 54.3 Å². The Morgan fingerprint density at radius 2 is 1.74 bits per heavy atom. The van der Waals surface area contributed by atoms with E-state index in [0.29, 0.717) is 31.8 Å². The van der Waals surface area contributed by atoms with E-state index in [2.05, 4.69) is 21.7 Å². The Labute approximate surface area is 206 Å². The Hall–Kier alpha value is -3.59. The predicted octanol–water partition coefficient (Wildman–Crippen LogP) is 3.51. The smallest absolute Gasteiger partial charge is 0.321 e. The van der Waals surface area contributed by atoms with Crippen LogP contribution < -0.4 is 10.1 Å². The van der Waals surface area contributed by atoms with Gasteiger partial charge in [-0.15, -0.1) is 0 Å². The number of aromatic nitrogens is 2. The van der Waals surface area contributed by atoms with Crippen LogP contribution in [-0.2, 0) is 13.1 Å². The van der Waals surface area contributed by atoms with Crippen LogP contribution in [0, 0.1) is 0 Å². The Balaban J connectivity index is 1.36. The molecular formula is C26H34N6O3. The van der Waals surface area contributed by atoms with Crippen molar-refractivity contribution in [2.45, 2.75) is 26.9 Å². The van der Waals surface area contributed by atoms with Crippen LogP contribution in [0.2, 0.25) is 0 Å². The Morgan fingerprint density at radius 3 is 2.37 bits per heavy atom. The van der Waals surface area contributed by atoms with Gasteiger partial charge in [-0.3, -0.25) is 9.69 Å². The lowest BCUT2D eigenvalue weighted by molar-refractivity contribution is 0.0827. The van der Waals surface area contributed by atoms with Crippen LogP contribution in [0.25, 0.3) is 11.0 Å². The number of ether oxygens (including phenoxy) is 1. The van der Waals surface area contributed by atoms with Gasteiger partial charge in [0.05, 0.1) is 24.2 Å². The van der Waals surface area contributed by atoms with Crippen LogP contribution >= 0.6 is 0 Å². The summed E-state index contributed by atoms with van der Waals surface area (Å²) in [6, 6.07) is 13.0. The van der Waals surface area contributed by atoms with Gasteiger partial charge in [0.1, 0.15) is 11.6 Å². The summed E-state index contributed by atoms with van der Waals surface area (Å²) in [4.78, 5) is 35.7. The highest BCUT2D eigenvalue weighted by Gasteiger charge is 2.23. The Kier molecular flexibility index (Phi) is 7.55. The summed E-state index contributed by atoms with van der Waals surface area (Å²) in [5.74, 6) is 1.74. The molecule has 0 saturated carbocycles. The van der Waals surface area contributed by atoms with E-state index in [-0.39, 0.29) is 11.9 Å². The minimum atomic E-state index is -0.0901. The standard InChI is InChI=1S/C26H34N6O3/c1-5-32-23-12-7-19(25(33)29(3)4)17-22(23)28-24(32)18-30-13-15-31(16-14-30)26(34)27-20-8-10-21(11-9-20)35-6-2/h7-12,17H,5-6,13-16,18H2,1-4H3,(H,27,34). The molecule has 3 aromatic rings. The van der Waals surface area contributed by atoms with E-state index in [0.717, 1.165) is 47.9 Å². The number of benzene rings is 2. The highest BCUT2D eigenvalue weighted by Crippen LogP contribution is 2.21. The van der Waals surface area contributed by atoms with Crippen LogP contribution in [0.4, 0.5) is 10.5 Å². The minimum absolute atomic E-state index is 0.0286. The van der Waals surface area contributed by atoms with Gasteiger partial charge in [0.2, 0.25) is 0 Å². The lowest BCUT2D eigenvalue weighted by Gasteiger charge is -2.34. The molecular weight excluding hydrogens is 444 g/mol. The molecule has 0 aliphatic carbocycles. The quantitative estimate of drug-likeness (QED) is 0.562. The number of nitrogens with zero attached hydrogens (tertiary/aromatic N) is 5. The lowest BCUT2D eigenvalue weighted by atomic mass is 10.2. The van der Waals surface area contributed by atoms with Gasteiger partial charge in [-0.25, -0.2) is 9.78 Å². The monoisotopic (exact) mass is 478 g/mol. The molecule has 0 bridgehead atoms. The average molecular weight is 479 g/mol. The third-order valence-electron chi connectivity index (χ3n) is 6.24. The van der Waals surface area contributed by atoms with Crippen molar-refractivity contribution >= 4 is 28.7 Å². The van der Waals surface area contributed by atoms with Crippen LogP contribution in [0.1, 0.15) is 30.0 Å². The first kappa shape index (κ1) is 24.5. The van der Waals surface area contributed by atoms with E-state index in [1.165, 1.54) is 0 Å². The molecule has 3 amide bonds. The number of anilines is 1. The topological polar surface area (TPSA) is 82.9 Å². The molecule has 9 nitrogen and oxygen atoms in total. The molecule has 1 N–H and O–H groups in total. The molecule has 9 heteroatoms. The molecule has 1 saturated heterocycles. The maximum Gasteiger partial charge on any atom is 0.321 e. The van der Waals surface area contributed by atoms with Gasteiger partial charge in [0.25, 0.3) is 5.91 Å². The minimum Gasteiger partial charge on any atom is -0.494 e. The molecule has 1 aliphatic rings. The van der Waals surface area contributed by atoms with Crippen molar-refractivity contribution in [1.29, 1.82) is 0 Å². The molecule has 2 aromatic carbocycles. The van der Waals surface area contributed by atoms with Gasteiger partial charge >= 0.3 is 6.03 Å². The maximum atomic E-state index is 12.7. The number of carbonyl (C=O) groups excluding carboxylic acids is 2. The van der Waals surface area contributed by atoms with Gasteiger partial charge in [-0.05, 0) is 56.3 Å². The van der Waals surface area contributed by atoms with Gasteiger partial charge in [0, 0.05) is 58.1 Å². The fourth-order valence-corrected chi connectivity index (χ4v) is 4.36. The fraction of sp³-hybridized carbons (Fsp3) is 0.423. The third kappa shape index (κ3) is 5.57. The van der Waals surface area contributed by atoms with E-state index >= 15 is 0 Å². The number of carbonyl (C=O) groups is 2. The van der Waals surface area contributed by atoms with E-state index < -0.39 is 0 Å². The summed E-state index contributed by atoms with van der Waals surface area (Å²) in [6.07, 6.45) is 0. The highest BCUT2D eigenvalue weighted by atomic mass is 16.5. The van der Waals surface area contributed by atoms with E-state index in [4.69, 9.17) is 9.72 Å². The number of nitrogens with one attached hydrogen (secondary N) is 1. The molecule has 186 valence electrons. The molecule has 1 aliphatic heterocycles. The number of aryl methyl sites for hydroxylation is 1. The van der Waals surface area contributed by atoms with Crippen molar-refractivity contribution in [2.24, 2.45) is 0 Å². The molecule has 35 heavy (non-hydrogen) atoms. The van der Waals surface area contributed by atoms with Crippen molar-refractivity contribution in [2.75, 3.05) is 52.2 Å². The lowest BCUT2D eigenvalue weighted by Crippen LogP contribution is -2.49. The largest absolute Gasteiger partial charge is 0.494 e. The van der Waals surface area contributed by atoms with Gasteiger partial charge < -0.3 is 24.4 Å². The maximum absolute atomic E-state index is 12.7. The van der Waals surface area contributed by atoms with Crippen LogP contribution in [0.15, 0.2) is 42.5 Å². The van der Waals surface area contributed by atoms with Crippen molar-refractivity contribution in [3.05, 3.63) is 53.9 Å². The number of piperazine rings is 1. The van der Waals surface area contributed by atoms with Crippen LogP contribution in [0.3, 0.4) is 0 Å². The second kappa shape index (κ2) is 10.8. The molecule has 0 unspecified atom stereocenters. The number of urea groups is 1. The van der Waals surface area contributed by atoms with E-state index in [9.17, 15) is 9.59 Å². The van der Waals surface area contributed by atoms with E-state index in [1.54, 1.807) is 19.0 Å². The molecule has 0 spiro atoms. The second-order valence-corrected chi connectivity index (χ2v) is 8.83. The SMILES string of the molecule is CCOc1ccc(NC(=O)N2CCN(Cc3nc4cc(C(=O)N(C)C)ccc4n3CC)CC2)cc1. The second-order valence-electron chi connectivity index (χ2n) is 8.83. The summed E-state index contributed by atoms with van der Waals surface area (Å²) in [5, 5.41) is 2.97. The molecule has 1 fully saturated rings. The number of imidazole rings is 1. The number of hydrogen-bond acceptors (Lipinski definition) is 5. The molecule has 0 atom stereocenters. The molecule has 4 rings (SSSR count). The van der Waals surface area contributed by atoms with Crippen LogP contribution in [-0.4, -0.2) is 83.1 Å². The summed E-state index contributed by atoms with van der Waals surface area (Å²) >= 11 is 0. The van der Waals surface area contributed by atoms with Crippen molar-refractivity contribution in [3.63, 3.8) is 0 Å². The number of rotatable bonds is 7. The van der Waals surface area contributed by atoms with Gasteiger partial charge in [-0.1, -0.05) is 0 Å². The number of hydrogen-bond donors (Lipinski definition) is 1. The average Bonchev–Trinajstić information content (AvgIpc) is 3.21. The zero-order chi connectivity index (χ0) is 24.9. The zero-order valence-corrected chi connectivity index (χ0v) is 21.0. The zero-order valence-electron chi connectivity index (χ0n) is 21.0. The summed E-state index contributed by atoms with van der Waals surface area (Å²) < 4.78 is 7.65. The highest BCUT2D eigenvalue weighted by molar-refractivity contribution is 5.97. The molecule has 1 aromatic heterocycles. The predicted molar refractivity (Wildman–Crippen MR) is 137 cm³/mol. The fourth-order valence-electron chi connectivity index (χ4n) is 4.36. The Bertz CT molecular complexity index is 1180. The third-order valence-corrected chi connectivity index (χ3v) is 6.24. The number of amides is 3. The van der Waals surface area contributed by atoms with Crippen molar-refractivity contribution in [1.82, 2.24) is 24.3 Å². The summed E-state index contributed by atoms with van der Waals surface area (Å²) in [6.45, 7) is 9.01. The number of fused-ring (bicyclic) bond motifs is 1. The van der Waals surface area contributed by atoms with Gasteiger partial charge in [-0.2, -0.15) is 0 Å². The molecule has 0 radical (unpaired) electrons. The first-order valence-electron chi connectivity index (χ1n) is 12.1. The molecule has 2 heterocycles. The van der Waals surface area contributed by atoms with Crippen LogP contribution in [0.5, 0.6) is 5.75 Å². The first-order valence-corrected chi connectivity index (χ1v) is 12.1. The van der Waals surface area contributed by atoms with Crippen molar-refractivity contribution in [3.8, 4) is 5.75 Å².